The average molecular weight is 569 g/mol. The first kappa shape index (κ1) is 27.4. The van der Waals surface area contributed by atoms with E-state index in [1.165, 1.54) is 25.1 Å². The number of hydrogen-bond donors (Lipinski definition) is 1. The van der Waals surface area contributed by atoms with Crippen LogP contribution in [-0.2, 0) is 13.6 Å². The smallest absolute Gasteiger partial charge is 0.194 e. The molecule has 2 heterocycles. The number of guanidine groups is 1. The van der Waals surface area contributed by atoms with Crippen molar-refractivity contribution < 1.29 is 0 Å². The minimum Gasteiger partial charge on any atom is -0.375 e. The Bertz CT molecular complexity index is 853. The summed E-state index contributed by atoms with van der Waals surface area (Å²) in [6.45, 7) is 9.92. The zero-order chi connectivity index (χ0) is 22.9. The third kappa shape index (κ3) is 7.84. The highest BCUT2D eigenvalue weighted by atomic mass is 127. The lowest BCUT2D eigenvalue weighted by molar-refractivity contribution is 0.232. The number of aryl methyl sites for hydroxylation is 1. The molecule has 184 valence electrons. The number of rotatable bonds is 10. The second-order valence-corrected chi connectivity index (χ2v) is 8.70. The maximum Gasteiger partial charge on any atom is 0.194 e. The fraction of sp³-hybridized carbons (Fsp3) is 0.625. The Labute approximate surface area is 216 Å². The van der Waals surface area contributed by atoms with Crippen LogP contribution in [0.3, 0.4) is 0 Å². The maximum absolute atomic E-state index is 4.91. The molecule has 0 spiro atoms. The van der Waals surface area contributed by atoms with Gasteiger partial charge in [-0.1, -0.05) is 25.1 Å². The second kappa shape index (κ2) is 13.7. The van der Waals surface area contributed by atoms with Crippen LogP contribution in [0, 0.1) is 6.92 Å². The number of aromatic nitrogens is 3. The van der Waals surface area contributed by atoms with E-state index in [4.69, 9.17) is 4.99 Å². The van der Waals surface area contributed by atoms with E-state index in [-0.39, 0.29) is 24.0 Å². The molecule has 1 fully saturated rings. The van der Waals surface area contributed by atoms with E-state index < -0.39 is 0 Å². The molecule has 1 saturated heterocycles. The van der Waals surface area contributed by atoms with Gasteiger partial charge in [-0.3, -0.25) is 4.90 Å². The minimum absolute atomic E-state index is 0. The van der Waals surface area contributed by atoms with Gasteiger partial charge < -0.3 is 19.7 Å². The quantitative estimate of drug-likeness (QED) is 0.206. The van der Waals surface area contributed by atoms with E-state index in [9.17, 15) is 0 Å². The highest BCUT2D eigenvalue weighted by Gasteiger charge is 2.25. The van der Waals surface area contributed by atoms with Crippen LogP contribution in [0.15, 0.2) is 35.3 Å². The summed E-state index contributed by atoms with van der Waals surface area (Å²) >= 11 is 0. The van der Waals surface area contributed by atoms with Gasteiger partial charge in [-0.05, 0) is 51.4 Å². The molecule has 0 amide bonds. The summed E-state index contributed by atoms with van der Waals surface area (Å²) < 4.78 is 2.01. The number of halogens is 1. The first-order chi connectivity index (χ1) is 15.5. The highest BCUT2D eigenvalue weighted by molar-refractivity contribution is 14.0. The fourth-order valence-electron chi connectivity index (χ4n) is 4.29. The molecule has 1 aromatic heterocycles. The summed E-state index contributed by atoms with van der Waals surface area (Å²) in [4.78, 5) is 12.1. The molecule has 2 aromatic rings. The first-order valence-electron chi connectivity index (χ1n) is 11.8. The van der Waals surface area contributed by atoms with Crippen molar-refractivity contribution in [2.24, 2.45) is 12.0 Å². The van der Waals surface area contributed by atoms with E-state index in [0.29, 0.717) is 12.6 Å². The Morgan fingerprint density at radius 3 is 2.64 bits per heavy atom. The highest BCUT2D eigenvalue weighted by Crippen LogP contribution is 2.17. The number of para-hydroxylation sites is 1. The average Bonchev–Trinajstić information content (AvgIpc) is 3.39. The number of hydrogen-bond acceptors (Lipinski definition) is 5. The standard InChI is InChI=1S/C24H40N8.HI/c1-6-32-17-10-14-22(32)19-30(4)24(26-18-23-28-27-20(2)31(23)5)25-15-11-16-29(3)21-12-8-7-9-13-21;/h7-9,12-13,22H,6,10-11,14-19H2,1-5H3,(H,25,26);1H. The zero-order valence-corrected chi connectivity index (χ0v) is 23.2. The van der Waals surface area contributed by atoms with Crippen molar-refractivity contribution >= 4 is 35.6 Å². The molecule has 1 aliphatic rings. The third-order valence-electron chi connectivity index (χ3n) is 6.45. The SMILES string of the molecule is CCN1CCCC1CN(C)C(=NCc1nnc(C)n1C)NCCCN(C)c1ccccc1.I. The lowest BCUT2D eigenvalue weighted by Gasteiger charge is -2.30. The molecule has 8 nitrogen and oxygen atoms in total. The van der Waals surface area contributed by atoms with Gasteiger partial charge in [-0.25, -0.2) is 4.99 Å². The molecular weight excluding hydrogens is 527 g/mol. The molecule has 0 saturated carbocycles. The number of likely N-dealkylation sites (N-methyl/N-ethyl adjacent to an activating group) is 2. The molecular formula is C24H41IN8. The molecule has 1 atom stereocenters. The van der Waals surface area contributed by atoms with Crippen molar-refractivity contribution in [1.29, 1.82) is 0 Å². The van der Waals surface area contributed by atoms with Gasteiger partial charge in [-0.2, -0.15) is 0 Å². The largest absolute Gasteiger partial charge is 0.375 e. The van der Waals surface area contributed by atoms with Gasteiger partial charge in [-0.15, -0.1) is 34.2 Å². The molecule has 9 heteroatoms. The van der Waals surface area contributed by atoms with E-state index in [1.807, 2.05) is 18.5 Å². The van der Waals surface area contributed by atoms with Crippen LogP contribution in [0.25, 0.3) is 0 Å². The van der Waals surface area contributed by atoms with Crippen LogP contribution in [0.4, 0.5) is 5.69 Å². The van der Waals surface area contributed by atoms with Crippen molar-refractivity contribution in [2.75, 3.05) is 51.7 Å². The number of nitrogens with zero attached hydrogens (tertiary/aromatic N) is 7. The first-order valence-corrected chi connectivity index (χ1v) is 11.8. The van der Waals surface area contributed by atoms with Crippen LogP contribution in [-0.4, -0.2) is 83.4 Å². The number of anilines is 1. The number of benzene rings is 1. The fourth-order valence-corrected chi connectivity index (χ4v) is 4.29. The molecule has 1 aromatic carbocycles. The predicted molar refractivity (Wildman–Crippen MR) is 148 cm³/mol. The molecule has 0 radical (unpaired) electrons. The Morgan fingerprint density at radius 1 is 1.21 bits per heavy atom. The van der Waals surface area contributed by atoms with Gasteiger partial charge in [0.1, 0.15) is 12.4 Å². The summed E-state index contributed by atoms with van der Waals surface area (Å²) in [5.74, 6) is 2.73. The Hall–Kier alpha value is -1.88. The van der Waals surface area contributed by atoms with Crippen molar-refractivity contribution in [1.82, 2.24) is 29.9 Å². The summed E-state index contributed by atoms with van der Waals surface area (Å²) in [5, 5.41) is 12.0. The van der Waals surface area contributed by atoms with Crippen molar-refractivity contribution in [3.63, 3.8) is 0 Å². The van der Waals surface area contributed by atoms with Gasteiger partial charge in [0.2, 0.25) is 0 Å². The molecule has 33 heavy (non-hydrogen) atoms. The summed E-state index contributed by atoms with van der Waals surface area (Å²) in [5.41, 5.74) is 1.25. The van der Waals surface area contributed by atoms with Gasteiger partial charge >= 0.3 is 0 Å². The van der Waals surface area contributed by atoms with Crippen LogP contribution >= 0.6 is 24.0 Å². The number of likely N-dealkylation sites (tertiary alicyclic amines) is 1. The lowest BCUT2D eigenvalue weighted by atomic mass is 10.2. The zero-order valence-electron chi connectivity index (χ0n) is 20.9. The second-order valence-electron chi connectivity index (χ2n) is 8.70. The van der Waals surface area contributed by atoms with E-state index in [2.05, 4.69) is 81.6 Å². The predicted octanol–water partition coefficient (Wildman–Crippen LogP) is 3.13. The number of aliphatic imine (C=N–C) groups is 1. The van der Waals surface area contributed by atoms with Gasteiger partial charge in [0.15, 0.2) is 11.8 Å². The van der Waals surface area contributed by atoms with Gasteiger partial charge in [0, 0.05) is 52.5 Å². The third-order valence-corrected chi connectivity index (χ3v) is 6.45. The Kier molecular flexibility index (Phi) is 11.4. The minimum atomic E-state index is 0. The molecule has 1 N–H and O–H groups in total. The Morgan fingerprint density at radius 2 is 1.97 bits per heavy atom. The van der Waals surface area contributed by atoms with Gasteiger partial charge in [0.05, 0.1) is 0 Å². The van der Waals surface area contributed by atoms with E-state index >= 15 is 0 Å². The molecule has 1 aliphatic heterocycles. The monoisotopic (exact) mass is 568 g/mol. The summed E-state index contributed by atoms with van der Waals surface area (Å²) in [6, 6.07) is 11.1. The molecule has 0 aliphatic carbocycles. The summed E-state index contributed by atoms with van der Waals surface area (Å²) in [7, 11) is 6.29. The van der Waals surface area contributed by atoms with E-state index in [1.54, 1.807) is 0 Å². The topological polar surface area (TPSA) is 64.8 Å². The van der Waals surface area contributed by atoms with Crippen LogP contribution in [0.1, 0.15) is 37.8 Å². The lowest BCUT2D eigenvalue weighted by Crippen LogP contribution is -2.46. The van der Waals surface area contributed by atoms with Crippen LogP contribution < -0.4 is 10.2 Å². The van der Waals surface area contributed by atoms with Crippen molar-refractivity contribution in [2.45, 2.75) is 45.7 Å². The van der Waals surface area contributed by atoms with Crippen LogP contribution in [0.5, 0.6) is 0 Å². The number of nitrogens with one attached hydrogen (secondary N) is 1. The van der Waals surface area contributed by atoms with E-state index in [0.717, 1.165) is 50.2 Å². The van der Waals surface area contributed by atoms with Gasteiger partial charge in [0.25, 0.3) is 0 Å². The summed E-state index contributed by atoms with van der Waals surface area (Å²) in [6.07, 6.45) is 3.58. The van der Waals surface area contributed by atoms with Crippen molar-refractivity contribution in [3.8, 4) is 0 Å². The molecule has 1 unspecified atom stereocenters. The molecule has 3 rings (SSSR count). The Balaban J connectivity index is 0.00000385. The van der Waals surface area contributed by atoms with Crippen molar-refractivity contribution in [3.05, 3.63) is 42.0 Å². The maximum atomic E-state index is 4.91. The normalized spacial score (nSPS) is 16.5. The molecule has 0 bridgehead atoms. The van der Waals surface area contributed by atoms with Crippen LogP contribution in [0.2, 0.25) is 0 Å².